The van der Waals surface area contributed by atoms with Gasteiger partial charge in [0.15, 0.2) is 6.61 Å². The first-order chi connectivity index (χ1) is 15.6. The molecule has 7 nitrogen and oxygen atoms in total. The van der Waals surface area contributed by atoms with E-state index in [1.165, 1.54) is 5.01 Å². The molecule has 1 heterocycles. The predicted octanol–water partition coefficient (Wildman–Crippen LogP) is 3.55. The first-order valence-corrected chi connectivity index (χ1v) is 10.2. The minimum absolute atomic E-state index is 0.224. The zero-order valence-electron chi connectivity index (χ0n) is 17.6. The molecule has 0 radical (unpaired) electrons. The van der Waals surface area contributed by atoms with E-state index in [1.54, 1.807) is 31.4 Å². The predicted molar refractivity (Wildman–Crippen MR) is 121 cm³/mol. The van der Waals surface area contributed by atoms with E-state index in [0.29, 0.717) is 6.42 Å². The van der Waals surface area contributed by atoms with Crippen LogP contribution in [0.25, 0.3) is 0 Å². The van der Waals surface area contributed by atoms with Crippen LogP contribution in [0.1, 0.15) is 33.9 Å². The summed E-state index contributed by atoms with van der Waals surface area (Å²) >= 11 is 0. The number of hydrogen-bond acceptors (Lipinski definition) is 5. The summed E-state index contributed by atoms with van der Waals surface area (Å²) in [4.78, 5) is 24.8. The van der Waals surface area contributed by atoms with E-state index in [2.05, 4.69) is 5.10 Å². The van der Waals surface area contributed by atoms with Crippen LogP contribution in [0.3, 0.4) is 0 Å². The lowest BCUT2D eigenvalue weighted by atomic mass is 9.98. The Labute approximate surface area is 186 Å². The van der Waals surface area contributed by atoms with Gasteiger partial charge in [-0.15, -0.1) is 0 Å². The van der Waals surface area contributed by atoms with Crippen LogP contribution in [0.4, 0.5) is 0 Å². The molecule has 3 aromatic rings. The standard InChI is InChI=1S/C25H23N3O4/c1-31-19-13-11-18(12-14-19)22-15-21(17-7-3-2-4-8-17)27-28(22)24(29)16-32-23-10-6-5-9-20(23)25(26)30/h2-14,22H,15-16H2,1H3,(H2,26,30). The van der Waals surface area contributed by atoms with Crippen LogP contribution < -0.4 is 15.2 Å². The minimum Gasteiger partial charge on any atom is -0.497 e. The van der Waals surface area contributed by atoms with Crippen LogP contribution in [-0.2, 0) is 4.79 Å². The first-order valence-electron chi connectivity index (χ1n) is 10.2. The first kappa shape index (κ1) is 21.1. The molecule has 0 spiro atoms. The summed E-state index contributed by atoms with van der Waals surface area (Å²) in [7, 11) is 1.61. The zero-order chi connectivity index (χ0) is 22.5. The smallest absolute Gasteiger partial charge is 0.281 e. The van der Waals surface area contributed by atoms with Crippen molar-refractivity contribution in [2.24, 2.45) is 10.8 Å². The lowest BCUT2D eigenvalue weighted by molar-refractivity contribution is -0.135. The fourth-order valence-electron chi connectivity index (χ4n) is 3.63. The van der Waals surface area contributed by atoms with Crippen molar-refractivity contribution in [3.8, 4) is 11.5 Å². The van der Waals surface area contributed by atoms with Crippen LogP contribution in [0.5, 0.6) is 11.5 Å². The number of methoxy groups -OCH3 is 1. The zero-order valence-corrected chi connectivity index (χ0v) is 17.6. The number of primary amides is 1. The van der Waals surface area contributed by atoms with Crippen molar-refractivity contribution in [2.45, 2.75) is 12.5 Å². The molecule has 0 bridgehead atoms. The summed E-state index contributed by atoms with van der Waals surface area (Å²) in [5, 5.41) is 6.08. The van der Waals surface area contributed by atoms with E-state index in [1.807, 2.05) is 54.6 Å². The van der Waals surface area contributed by atoms with E-state index in [0.717, 1.165) is 22.6 Å². The molecule has 2 N–H and O–H groups in total. The van der Waals surface area contributed by atoms with Crippen molar-refractivity contribution >= 4 is 17.5 Å². The molecular formula is C25H23N3O4. The maximum atomic E-state index is 13.1. The number of amides is 2. The van der Waals surface area contributed by atoms with Crippen LogP contribution in [0.2, 0.25) is 0 Å². The Morgan fingerprint density at radius 1 is 1.00 bits per heavy atom. The Hall–Kier alpha value is -4.13. The van der Waals surface area contributed by atoms with Gasteiger partial charge >= 0.3 is 0 Å². The Morgan fingerprint density at radius 2 is 1.69 bits per heavy atom. The second-order valence-electron chi connectivity index (χ2n) is 7.29. The highest BCUT2D eigenvalue weighted by Gasteiger charge is 2.33. The van der Waals surface area contributed by atoms with E-state index in [4.69, 9.17) is 15.2 Å². The highest BCUT2D eigenvalue weighted by Crippen LogP contribution is 2.33. The number of para-hydroxylation sites is 1. The van der Waals surface area contributed by atoms with Crippen molar-refractivity contribution in [2.75, 3.05) is 13.7 Å². The lowest BCUT2D eigenvalue weighted by Gasteiger charge is -2.22. The summed E-state index contributed by atoms with van der Waals surface area (Å²) < 4.78 is 10.9. The maximum Gasteiger partial charge on any atom is 0.281 e. The van der Waals surface area contributed by atoms with Crippen LogP contribution in [0.15, 0.2) is 84.0 Å². The van der Waals surface area contributed by atoms with Gasteiger partial charge in [-0.1, -0.05) is 54.6 Å². The molecule has 7 heteroatoms. The Morgan fingerprint density at radius 3 is 2.38 bits per heavy atom. The van der Waals surface area contributed by atoms with E-state index in [9.17, 15) is 9.59 Å². The quantitative estimate of drug-likeness (QED) is 0.621. The molecule has 1 aliphatic rings. The summed E-state index contributed by atoms with van der Waals surface area (Å²) in [5.41, 5.74) is 8.34. The molecule has 4 rings (SSSR count). The fraction of sp³-hybridized carbons (Fsp3) is 0.160. The number of carbonyl (C=O) groups excluding carboxylic acids is 2. The van der Waals surface area contributed by atoms with Gasteiger partial charge in [0.1, 0.15) is 11.5 Å². The Bertz CT molecular complexity index is 1140. The molecule has 162 valence electrons. The highest BCUT2D eigenvalue weighted by molar-refractivity contribution is 6.03. The number of rotatable bonds is 7. The maximum absolute atomic E-state index is 13.1. The van der Waals surface area contributed by atoms with Gasteiger partial charge in [-0.2, -0.15) is 5.10 Å². The van der Waals surface area contributed by atoms with Crippen molar-refractivity contribution in [1.82, 2.24) is 5.01 Å². The van der Waals surface area contributed by atoms with Gasteiger partial charge in [0, 0.05) is 6.42 Å². The molecule has 3 aromatic carbocycles. The SMILES string of the molecule is COc1ccc(C2CC(c3ccccc3)=NN2C(=O)COc2ccccc2C(N)=O)cc1. The van der Waals surface area contributed by atoms with Gasteiger partial charge in [-0.3, -0.25) is 9.59 Å². The summed E-state index contributed by atoms with van der Waals surface area (Å²) in [6.45, 7) is -0.275. The topological polar surface area (TPSA) is 94.2 Å². The highest BCUT2D eigenvalue weighted by atomic mass is 16.5. The lowest BCUT2D eigenvalue weighted by Crippen LogP contribution is -2.31. The van der Waals surface area contributed by atoms with Crippen LogP contribution in [-0.4, -0.2) is 36.3 Å². The van der Waals surface area contributed by atoms with Crippen molar-refractivity contribution < 1.29 is 19.1 Å². The number of nitrogens with two attached hydrogens (primary N) is 1. The third kappa shape index (κ3) is 4.46. The largest absolute Gasteiger partial charge is 0.497 e. The molecule has 2 amide bonds. The normalized spacial score (nSPS) is 15.2. The summed E-state index contributed by atoms with van der Waals surface area (Å²) in [5.74, 6) is 0.0618. The van der Waals surface area contributed by atoms with Crippen molar-refractivity contribution in [3.05, 3.63) is 95.6 Å². The van der Waals surface area contributed by atoms with Crippen LogP contribution in [0, 0.1) is 0 Å². The number of carbonyl (C=O) groups is 2. The van der Waals surface area contributed by atoms with Gasteiger partial charge in [-0.05, 0) is 35.4 Å². The minimum atomic E-state index is -0.616. The molecule has 0 aromatic heterocycles. The Balaban J connectivity index is 1.58. The van der Waals surface area contributed by atoms with Gasteiger partial charge < -0.3 is 15.2 Å². The number of nitrogens with zero attached hydrogens (tertiary/aromatic N) is 2. The average molecular weight is 429 g/mol. The number of hydrazone groups is 1. The number of benzene rings is 3. The monoisotopic (exact) mass is 429 g/mol. The van der Waals surface area contributed by atoms with E-state index >= 15 is 0 Å². The fourth-order valence-corrected chi connectivity index (χ4v) is 3.63. The third-order valence-electron chi connectivity index (χ3n) is 5.28. The van der Waals surface area contributed by atoms with Gasteiger partial charge in [0.2, 0.25) is 0 Å². The molecule has 1 atom stereocenters. The second kappa shape index (κ2) is 9.34. The number of ether oxygens (including phenoxy) is 2. The molecule has 32 heavy (non-hydrogen) atoms. The summed E-state index contributed by atoms with van der Waals surface area (Å²) in [6.07, 6.45) is 0.569. The van der Waals surface area contributed by atoms with Crippen molar-refractivity contribution in [1.29, 1.82) is 0 Å². The van der Waals surface area contributed by atoms with E-state index < -0.39 is 5.91 Å². The Kier molecular flexibility index (Phi) is 6.17. The van der Waals surface area contributed by atoms with Crippen molar-refractivity contribution in [3.63, 3.8) is 0 Å². The van der Waals surface area contributed by atoms with E-state index in [-0.39, 0.29) is 29.9 Å². The van der Waals surface area contributed by atoms with Crippen LogP contribution >= 0.6 is 0 Å². The van der Waals surface area contributed by atoms with Gasteiger partial charge in [0.25, 0.3) is 11.8 Å². The average Bonchev–Trinajstić information content (AvgIpc) is 3.29. The molecule has 0 saturated heterocycles. The third-order valence-corrected chi connectivity index (χ3v) is 5.28. The molecule has 0 fully saturated rings. The molecule has 1 unspecified atom stereocenters. The molecule has 0 aliphatic carbocycles. The molecule has 0 saturated carbocycles. The molecule has 1 aliphatic heterocycles. The van der Waals surface area contributed by atoms with Gasteiger partial charge in [-0.25, -0.2) is 5.01 Å². The number of hydrogen-bond donors (Lipinski definition) is 1. The second-order valence-corrected chi connectivity index (χ2v) is 7.29. The molecular weight excluding hydrogens is 406 g/mol. The summed E-state index contributed by atoms with van der Waals surface area (Å²) in [6, 6.07) is 23.6. The van der Waals surface area contributed by atoms with Gasteiger partial charge in [0.05, 0.1) is 24.4 Å².